The second-order valence-corrected chi connectivity index (χ2v) is 5.94. The zero-order valence-corrected chi connectivity index (χ0v) is 13.2. The Bertz CT molecular complexity index is 690. The van der Waals surface area contributed by atoms with Gasteiger partial charge in [-0.15, -0.1) is 0 Å². The fourth-order valence-electron chi connectivity index (χ4n) is 2.24. The Hall–Kier alpha value is -1.94. The van der Waals surface area contributed by atoms with Gasteiger partial charge in [0.1, 0.15) is 4.99 Å². The van der Waals surface area contributed by atoms with Crippen LogP contribution in [0.5, 0.6) is 0 Å². The first-order valence-corrected chi connectivity index (χ1v) is 7.50. The summed E-state index contributed by atoms with van der Waals surface area (Å²) in [6.07, 6.45) is 0.931. The molecule has 2 rings (SSSR count). The molecule has 1 aromatic heterocycles. The van der Waals surface area contributed by atoms with Crippen molar-refractivity contribution in [2.75, 3.05) is 0 Å². The molecule has 0 radical (unpaired) electrons. The van der Waals surface area contributed by atoms with Crippen molar-refractivity contribution >= 4 is 17.2 Å². The number of thiocarbonyl (C=S) groups is 1. The van der Waals surface area contributed by atoms with Crippen molar-refractivity contribution < 1.29 is 0 Å². The van der Waals surface area contributed by atoms with Gasteiger partial charge in [0, 0.05) is 6.54 Å². The minimum absolute atomic E-state index is 0.107. The molecule has 0 aliphatic rings. The average molecular weight is 300 g/mol. The smallest absolute Gasteiger partial charge is 0.261 e. The molecule has 0 aliphatic heterocycles. The van der Waals surface area contributed by atoms with Crippen molar-refractivity contribution in [2.24, 2.45) is 11.7 Å². The zero-order valence-electron chi connectivity index (χ0n) is 12.4. The molecule has 1 heterocycles. The Morgan fingerprint density at radius 1 is 1.19 bits per heavy atom. The molecule has 110 valence electrons. The van der Waals surface area contributed by atoms with Crippen LogP contribution in [0.2, 0.25) is 0 Å². The van der Waals surface area contributed by atoms with Gasteiger partial charge in [0.25, 0.3) is 5.56 Å². The third-order valence-corrected chi connectivity index (χ3v) is 3.66. The first kappa shape index (κ1) is 15.4. The number of hydrogen-bond acceptors (Lipinski definition) is 2. The summed E-state index contributed by atoms with van der Waals surface area (Å²) < 4.78 is 1.78. The van der Waals surface area contributed by atoms with Crippen LogP contribution >= 0.6 is 12.2 Å². The third-order valence-electron chi connectivity index (χ3n) is 3.44. The maximum absolute atomic E-state index is 12.6. The fraction of sp³-hybridized carbons (Fsp3) is 0.294. The van der Waals surface area contributed by atoms with E-state index in [0.717, 1.165) is 17.7 Å². The number of nitrogens with two attached hydrogens (primary N) is 1. The first-order chi connectivity index (χ1) is 10.0. The molecule has 3 nitrogen and oxygen atoms in total. The van der Waals surface area contributed by atoms with Crippen molar-refractivity contribution in [3.05, 3.63) is 58.4 Å². The molecular weight excluding hydrogens is 280 g/mol. The van der Waals surface area contributed by atoms with Crippen LogP contribution in [0, 0.1) is 5.92 Å². The van der Waals surface area contributed by atoms with Crippen LogP contribution in [0.3, 0.4) is 0 Å². The highest BCUT2D eigenvalue weighted by Gasteiger charge is 2.12. The number of pyridine rings is 1. The van der Waals surface area contributed by atoms with Gasteiger partial charge in [0.15, 0.2) is 0 Å². The topological polar surface area (TPSA) is 48.0 Å². The summed E-state index contributed by atoms with van der Waals surface area (Å²) >= 11 is 4.97. The minimum Gasteiger partial charge on any atom is -0.389 e. The van der Waals surface area contributed by atoms with Crippen LogP contribution in [0.4, 0.5) is 0 Å². The van der Waals surface area contributed by atoms with Crippen LogP contribution < -0.4 is 11.3 Å². The van der Waals surface area contributed by atoms with Gasteiger partial charge >= 0.3 is 0 Å². The predicted molar refractivity (Wildman–Crippen MR) is 91.5 cm³/mol. The maximum atomic E-state index is 12.6. The Balaban J connectivity index is 2.57. The zero-order chi connectivity index (χ0) is 15.4. The van der Waals surface area contributed by atoms with Crippen LogP contribution in [-0.4, -0.2) is 9.56 Å². The van der Waals surface area contributed by atoms with Crippen LogP contribution in [0.15, 0.2) is 47.3 Å². The number of nitrogens with zero attached hydrogens (tertiary/aromatic N) is 1. The third kappa shape index (κ3) is 3.58. The molecule has 4 heteroatoms. The molecule has 0 spiro atoms. The molecule has 1 aromatic carbocycles. The molecule has 0 unspecified atom stereocenters. The predicted octanol–water partition coefficient (Wildman–Crippen LogP) is 3.20. The van der Waals surface area contributed by atoms with E-state index in [1.165, 1.54) is 0 Å². The summed E-state index contributed by atoms with van der Waals surface area (Å²) in [7, 11) is 0. The Labute approximate surface area is 130 Å². The van der Waals surface area contributed by atoms with E-state index < -0.39 is 0 Å². The van der Waals surface area contributed by atoms with E-state index in [0.29, 0.717) is 18.0 Å². The molecule has 21 heavy (non-hydrogen) atoms. The molecular formula is C17H20N2OS. The van der Waals surface area contributed by atoms with Crippen molar-refractivity contribution in [2.45, 2.75) is 26.8 Å². The van der Waals surface area contributed by atoms with Crippen molar-refractivity contribution in [3.63, 3.8) is 0 Å². The summed E-state index contributed by atoms with van der Waals surface area (Å²) in [5.74, 6) is 0.522. The lowest BCUT2D eigenvalue weighted by molar-refractivity contribution is 0.510. The summed E-state index contributed by atoms with van der Waals surface area (Å²) in [6.45, 7) is 4.95. The van der Waals surface area contributed by atoms with E-state index in [-0.39, 0.29) is 10.5 Å². The maximum Gasteiger partial charge on any atom is 0.261 e. The molecule has 0 saturated carbocycles. The molecule has 0 bridgehead atoms. The quantitative estimate of drug-likeness (QED) is 0.863. The lowest BCUT2D eigenvalue weighted by atomic mass is 10.1. The lowest BCUT2D eigenvalue weighted by Crippen LogP contribution is -2.30. The standard InChI is InChI=1S/C17H20N2OS/c1-12(2)10-11-19-15(13-6-4-3-5-7-13)9-8-14(16(18)21)17(19)20/h3-9,12H,10-11H2,1-2H3,(H2,18,21). The Morgan fingerprint density at radius 2 is 1.86 bits per heavy atom. The molecule has 0 amide bonds. The second kappa shape index (κ2) is 6.68. The van der Waals surface area contributed by atoms with Crippen LogP contribution in [0.1, 0.15) is 25.8 Å². The summed E-state index contributed by atoms with van der Waals surface area (Å²) in [5.41, 5.74) is 7.88. The van der Waals surface area contributed by atoms with Gasteiger partial charge in [-0.1, -0.05) is 56.4 Å². The molecule has 2 N–H and O–H groups in total. The normalized spacial score (nSPS) is 10.8. The lowest BCUT2D eigenvalue weighted by Gasteiger charge is -2.15. The van der Waals surface area contributed by atoms with Crippen molar-refractivity contribution in [3.8, 4) is 11.3 Å². The average Bonchev–Trinajstić information content (AvgIpc) is 2.46. The van der Waals surface area contributed by atoms with Gasteiger partial charge in [-0.3, -0.25) is 4.79 Å². The number of hydrogen-bond donors (Lipinski definition) is 1. The van der Waals surface area contributed by atoms with E-state index in [2.05, 4.69) is 13.8 Å². The van der Waals surface area contributed by atoms with E-state index in [9.17, 15) is 4.79 Å². The fourth-order valence-corrected chi connectivity index (χ4v) is 2.39. The van der Waals surface area contributed by atoms with Crippen LogP contribution in [0.25, 0.3) is 11.3 Å². The Kier molecular flexibility index (Phi) is 4.91. The van der Waals surface area contributed by atoms with Gasteiger partial charge in [-0.2, -0.15) is 0 Å². The highest BCUT2D eigenvalue weighted by Crippen LogP contribution is 2.19. The van der Waals surface area contributed by atoms with Crippen molar-refractivity contribution in [1.29, 1.82) is 0 Å². The molecule has 0 aliphatic carbocycles. The largest absolute Gasteiger partial charge is 0.389 e. The van der Waals surface area contributed by atoms with Gasteiger partial charge < -0.3 is 10.3 Å². The van der Waals surface area contributed by atoms with E-state index in [1.54, 1.807) is 10.6 Å². The molecule has 0 atom stereocenters. The molecule has 0 fully saturated rings. The highest BCUT2D eigenvalue weighted by molar-refractivity contribution is 7.80. The summed E-state index contributed by atoms with van der Waals surface area (Å²) in [5, 5.41) is 0. The van der Waals surface area contributed by atoms with Gasteiger partial charge in [-0.25, -0.2) is 0 Å². The summed E-state index contributed by atoms with van der Waals surface area (Å²) in [6, 6.07) is 13.5. The van der Waals surface area contributed by atoms with Gasteiger partial charge in [0.2, 0.25) is 0 Å². The Morgan fingerprint density at radius 3 is 2.43 bits per heavy atom. The van der Waals surface area contributed by atoms with E-state index in [1.807, 2.05) is 36.4 Å². The number of rotatable bonds is 5. The molecule has 2 aromatic rings. The first-order valence-electron chi connectivity index (χ1n) is 7.09. The van der Waals surface area contributed by atoms with E-state index in [4.69, 9.17) is 18.0 Å². The van der Waals surface area contributed by atoms with E-state index >= 15 is 0 Å². The SMILES string of the molecule is CC(C)CCn1c(-c2ccccc2)ccc(C(N)=S)c1=O. The second-order valence-electron chi connectivity index (χ2n) is 5.50. The minimum atomic E-state index is -0.107. The highest BCUT2D eigenvalue weighted by atomic mass is 32.1. The monoisotopic (exact) mass is 300 g/mol. The van der Waals surface area contributed by atoms with Gasteiger partial charge in [-0.05, 0) is 30.0 Å². The summed E-state index contributed by atoms with van der Waals surface area (Å²) in [4.78, 5) is 12.8. The molecule has 0 saturated heterocycles. The van der Waals surface area contributed by atoms with Crippen molar-refractivity contribution in [1.82, 2.24) is 4.57 Å². The number of benzene rings is 1. The number of aromatic nitrogens is 1. The van der Waals surface area contributed by atoms with Crippen LogP contribution in [-0.2, 0) is 6.54 Å². The van der Waals surface area contributed by atoms with Gasteiger partial charge in [0.05, 0.1) is 11.3 Å².